The quantitative estimate of drug-likeness (QED) is 0.668. The van der Waals surface area contributed by atoms with E-state index in [1.54, 1.807) is 0 Å². The van der Waals surface area contributed by atoms with E-state index in [0.717, 1.165) is 18.7 Å². The Kier molecular flexibility index (Phi) is 3.08. The first kappa shape index (κ1) is 8.24. The maximum Gasteiger partial charge on any atom is 0.229 e. The van der Waals surface area contributed by atoms with E-state index < -0.39 is 0 Å². The van der Waals surface area contributed by atoms with Gasteiger partial charge in [0.1, 0.15) is 0 Å². The Bertz CT molecular complexity index is 184. The zero-order valence-corrected chi connectivity index (χ0v) is 7.08. The van der Waals surface area contributed by atoms with E-state index in [2.05, 4.69) is 24.0 Å². The number of hydrogen-bond acceptors (Lipinski definition) is 3. The van der Waals surface area contributed by atoms with Gasteiger partial charge in [0, 0.05) is 5.92 Å². The summed E-state index contributed by atoms with van der Waals surface area (Å²) in [4.78, 5) is 4.03. The van der Waals surface area contributed by atoms with Crippen LogP contribution in [0.2, 0.25) is 0 Å². The van der Waals surface area contributed by atoms with Crippen molar-refractivity contribution >= 4 is 0 Å². The highest BCUT2D eigenvalue weighted by Crippen LogP contribution is 2.21. The van der Waals surface area contributed by atoms with E-state index in [1.165, 1.54) is 12.7 Å². The van der Waals surface area contributed by atoms with Gasteiger partial charge in [0.15, 0.2) is 6.33 Å². The Morgan fingerprint density at radius 1 is 1.55 bits per heavy atom. The van der Waals surface area contributed by atoms with Crippen LogP contribution >= 0.6 is 0 Å². The van der Waals surface area contributed by atoms with Crippen LogP contribution in [0.1, 0.15) is 44.9 Å². The Morgan fingerprint density at radius 3 is 2.82 bits per heavy atom. The first-order valence-electron chi connectivity index (χ1n) is 4.15. The third-order valence-corrected chi connectivity index (χ3v) is 1.86. The molecule has 0 radical (unpaired) electrons. The third-order valence-electron chi connectivity index (χ3n) is 1.86. The van der Waals surface area contributed by atoms with E-state index in [4.69, 9.17) is 4.52 Å². The fourth-order valence-electron chi connectivity index (χ4n) is 1.21. The number of hydrogen-bond donors (Lipinski definition) is 0. The van der Waals surface area contributed by atoms with Crippen LogP contribution < -0.4 is 0 Å². The van der Waals surface area contributed by atoms with Crippen molar-refractivity contribution in [2.75, 3.05) is 0 Å². The van der Waals surface area contributed by atoms with Crippen molar-refractivity contribution in [1.82, 2.24) is 10.1 Å². The van der Waals surface area contributed by atoms with Crippen molar-refractivity contribution in [3.05, 3.63) is 12.2 Å². The number of nitrogens with zero attached hydrogens (tertiary/aromatic N) is 2. The van der Waals surface area contributed by atoms with Crippen LogP contribution in [-0.4, -0.2) is 10.1 Å². The normalized spacial score (nSPS) is 13.3. The standard InChI is InChI=1S/C8H14N2O/c1-3-5-7(4-2)8-9-6-10-11-8/h6-7H,3-5H2,1-2H3. The molecule has 62 valence electrons. The van der Waals surface area contributed by atoms with Crippen molar-refractivity contribution < 1.29 is 4.52 Å². The van der Waals surface area contributed by atoms with Gasteiger partial charge in [-0.3, -0.25) is 0 Å². The van der Waals surface area contributed by atoms with E-state index in [9.17, 15) is 0 Å². The molecule has 0 N–H and O–H groups in total. The van der Waals surface area contributed by atoms with Gasteiger partial charge in [-0.1, -0.05) is 25.4 Å². The van der Waals surface area contributed by atoms with Crippen LogP contribution in [0, 0.1) is 0 Å². The molecular weight excluding hydrogens is 140 g/mol. The molecule has 0 spiro atoms. The molecule has 1 aromatic rings. The lowest BCUT2D eigenvalue weighted by Gasteiger charge is -2.06. The lowest BCUT2D eigenvalue weighted by molar-refractivity contribution is 0.341. The summed E-state index contributed by atoms with van der Waals surface area (Å²) in [6, 6.07) is 0. The van der Waals surface area contributed by atoms with Crippen LogP contribution in [-0.2, 0) is 0 Å². The summed E-state index contributed by atoms with van der Waals surface area (Å²) in [6.45, 7) is 4.31. The first-order valence-corrected chi connectivity index (χ1v) is 4.15. The fraction of sp³-hybridized carbons (Fsp3) is 0.750. The maximum absolute atomic E-state index is 4.98. The molecular formula is C8H14N2O. The summed E-state index contributed by atoms with van der Waals surface area (Å²) in [7, 11) is 0. The predicted molar refractivity (Wildman–Crippen MR) is 42.2 cm³/mol. The molecule has 1 atom stereocenters. The van der Waals surface area contributed by atoms with Gasteiger partial charge in [0.05, 0.1) is 0 Å². The smallest absolute Gasteiger partial charge is 0.229 e. The SMILES string of the molecule is CCCC(CC)c1ncno1. The zero-order valence-electron chi connectivity index (χ0n) is 7.08. The molecule has 1 unspecified atom stereocenters. The average Bonchev–Trinajstić information content (AvgIpc) is 2.52. The largest absolute Gasteiger partial charge is 0.339 e. The summed E-state index contributed by atoms with van der Waals surface area (Å²) < 4.78 is 4.98. The van der Waals surface area contributed by atoms with Gasteiger partial charge in [-0.2, -0.15) is 4.98 Å². The lowest BCUT2D eigenvalue weighted by atomic mass is 10.0. The van der Waals surface area contributed by atoms with Crippen molar-refractivity contribution in [3.63, 3.8) is 0 Å². The molecule has 0 bridgehead atoms. The first-order chi connectivity index (χ1) is 5.38. The average molecular weight is 154 g/mol. The Hall–Kier alpha value is -0.860. The molecule has 0 aromatic carbocycles. The minimum atomic E-state index is 0.461. The predicted octanol–water partition coefficient (Wildman–Crippen LogP) is 2.36. The minimum Gasteiger partial charge on any atom is -0.339 e. The third kappa shape index (κ3) is 2.03. The summed E-state index contributed by atoms with van der Waals surface area (Å²) in [5, 5.41) is 3.59. The summed E-state index contributed by atoms with van der Waals surface area (Å²) in [5.74, 6) is 1.25. The van der Waals surface area contributed by atoms with Gasteiger partial charge in [-0.15, -0.1) is 0 Å². The van der Waals surface area contributed by atoms with Crippen LogP contribution in [0.4, 0.5) is 0 Å². The van der Waals surface area contributed by atoms with Gasteiger partial charge in [0.2, 0.25) is 5.89 Å². The Labute approximate surface area is 66.8 Å². The highest BCUT2D eigenvalue weighted by atomic mass is 16.5. The van der Waals surface area contributed by atoms with E-state index in [0.29, 0.717) is 5.92 Å². The molecule has 1 rings (SSSR count). The van der Waals surface area contributed by atoms with Crippen molar-refractivity contribution in [1.29, 1.82) is 0 Å². The minimum absolute atomic E-state index is 0.461. The summed E-state index contributed by atoms with van der Waals surface area (Å²) in [6.07, 6.45) is 4.85. The van der Waals surface area contributed by atoms with Crippen molar-refractivity contribution in [3.8, 4) is 0 Å². The highest BCUT2D eigenvalue weighted by molar-refractivity contribution is 4.87. The van der Waals surface area contributed by atoms with Crippen molar-refractivity contribution in [2.24, 2.45) is 0 Å². The van der Waals surface area contributed by atoms with Crippen molar-refractivity contribution in [2.45, 2.75) is 39.0 Å². The van der Waals surface area contributed by atoms with Crippen LogP contribution in [0.5, 0.6) is 0 Å². The summed E-state index contributed by atoms with van der Waals surface area (Å²) >= 11 is 0. The zero-order chi connectivity index (χ0) is 8.10. The number of aromatic nitrogens is 2. The molecule has 1 aromatic heterocycles. The van der Waals surface area contributed by atoms with Crippen LogP contribution in [0.3, 0.4) is 0 Å². The number of rotatable bonds is 4. The van der Waals surface area contributed by atoms with Crippen LogP contribution in [0.25, 0.3) is 0 Å². The Balaban J connectivity index is 2.56. The fourth-order valence-corrected chi connectivity index (χ4v) is 1.21. The maximum atomic E-state index is 4.98. The molecule has 0 amide bonds. The second-order valence-electron chi connectivity index (χ2n) is 2.67. The van der Waals surface area contributed by atoms with Crippen LogP contribution in [0.15, 0.2) is 10.9 Å². The van der Waals surface area contributed by atoms with Gasteiger partial charge < -0.3 is 4.52 Å². The van der Waals surface area contributed by atoms with Gasteiger partial charge in [-0.05, 0) is 12.8 Å². The molecule has 3 nitrogen and oxygen atoms in total. The second kappa shape index (κ2) is 4.11. The molecule has 1 heterocycles. The molecule has 0 aliphatic carbocycles. The topological polar surface area (TPSA) is 38.9 Å². The molecule has 0 aliphatic heterocycles. The highest BCUT2D eigenvalue weighted by Gasteiger charge is 2.12. The molecule has 0 saturated heterocycles. The van der Waals surface area contributed by atoms with Gasteiger partial charge >= 0.3 is 0 Å². The molecule has 0 fully saturated rings. The van der Waals surface area contributed by atoms with E-state index in [-0.39, 0.29) is 0 Å². The van der Waals surface area contributed by atoms with E-state index >= 15 is 0 Å². The molecule has 3 heteroatoms. The monoisotopic (exact) mass is 154 g/mol. The summed E-state index contributed by atoms with van der Waals surface area (Å²) in [5.41, 5.74) is 0. The van der Waals surface area contributed by atoms with E-state index in [1.807, 2.05) is 0 Å². The molecule has 11 heavy (non-hydrogen) atoms. The molecule has 0 saturated carbocycles. The molecule has 0 aliphatic rings. The lowest BCUT2D eigenvalue weighted by Crippen LogP contribution is -1.96. The second-order valence-corrected chi connectivity index (χ2v) is 2.67. The van der Waals surface area contributed by atoms with Gasteiger partial charge in [0.25, 0.3) is 0 Å². The Morgan fingerprint density at radius 2 is 2.36 bits per heavy atom. The van der Waals surface area contributed by atoms with Gasteiger partial charge in [-0.25, -0.2) is 0 Å².